The number of methoxy groups -OCH3 is 2. The molecule has 2 fully saturated rings. The number of aryl methyl sites for hydroxylation is 1. The van der Waals surface area contributed by atoms with Gasteiger partial charge < -0.3 is 39.4 Å². The lowest BCUT2D eigenvalue weighted by Gasteiger charge is -2.41. The molecule has 5 heterocycles. The van der Waals surface area contributed by atoms with Gasteiger partial charge in [-0.15, -0.1) is 0 Å². The molecule has 1 atom stereocenters. The second-order valence-corrected chi connectivity index (χ2v) is 17.8. The van der Waals surface area contributed by atoms with Gasteiger partial charge in [0, 0.05) is 44.6 Å². The summed E-state index contributed by atoms with van der Waals surface area (Å²) in [6.45, 7) is 3.42. The third kappa shape index (κ3) is 11.1. The van der Waals surface area contributed by atoms with Gasteiger partial charge in [0.1, 0.15) is 17.3 Å². The van der Waals surface area contributed by atoms with Gasteiger partial charge in [0.2, 0.25) is 16.6 Å². The van der Waals surface area contributed by atoms with Crippen LogP contribution in [0, 0.1) is 0 Å². The number of unbranched alkanes of at least 4 members (excludes halogenated alkanes) is 6. The SMILES string of the molecule is COc1cc(/C=C/C(=O)N2CCC=CC2=O)cc(OC)c1OCCCCCCCCCNc1cnc(C2CCN(c3nc4c(c(NC5(CO)CCC5)n3)[S@+]([O-])CC4)CC2)nc1. The van der Waals surface area contributed by atoms with Crippen molar-refractivity contribution in [2.45, 2.75) is 106 Å². The summed E-state index contributed by atoms with van der Waals surface area (Å²) in [7, 11) is 3.14. The lowest BCUT2D eigenvalue weighted by Crippen LogP contribution is -2.49. The number of rotatable bonds is 21. The van der Waals surface area contributed by atoms with E-state index in [1.54, 1.807) is 38.5 Å². The van der Waals surface area contributed by atoms with Crippen molar-refractivity contribution in [1.29, 1.82) is 0 Å². The maximum atomic E-state index is 12.8. The number of aliphatic hydroxyl groups is 1. The average Bonchev–Trinajstić information content (AvgIpc) is 3.66. The van der Waals surface area contributed by atoms with Crippen LogP contribution in [0.1, 0.15) is 106 Å². The van der Waals surface area contributed by atoms with Crippen molar-refractivity contribution in [3.8, 4) is 17.2 Å². The second-order valence-electron chi connectivity index (χ2n) is 16.3. The second kappa shape index (κ2) is 21.2. The molecular weight excluding hydrogens is 797 g/mol. The Balaban J connectivity index is 0.761. The predicted octanol–water partition coefficient (Wildman–Crippen LogP) is 6.21. The number of hydrogen-bond acceptors (Lipinski definition) is 14. The molecule has 15 nitrogen and oxygen atoms in total. The van der Waals surface area contributed by atoms with E-state index in [-0.39, 0.29) is 29.9 Å². The summed E-state index contributed by atoms with van der Waals surface area (Å²) < 4.78 is 30.1. The molecule has 16 heteroatoms. The number of ether oxygens (including phenoxy) is 3. The highest BCUT2D eigenvalue weighted by atomic mass is 32.2. The van der Waals surface area contributed by atoms with Crippen LogP contribution in [0.2, 0.25) is 0 Å². The number of benzene rings is 1. The highest BCUT2D eigenvalue weighted by Gasteiger charge is 2.41. The van der Waals surface area contributed by atoms with Crippen LogP contribution in [0.25, 0.3) is 6.08 Å². The number of nitrogens with zero attached hydrogens (tertiary/aromatic N) is 6. The van der Waals surface area contributed by atoms with E-state index in [0.29, 0.717) is 71.2 Å². The minimum Gasteiger partial charge on any atom is -0.611 e. The predicted molar refractivity (Wildman–Crippen MR) is 236 cm³/mol. The van der Waals surface area contributed by atoms with Gasteiger partial charge >= 0.3 is 0 Å². The van der Waals surface area contributed by atoms with Crippen molar-refractivity contribution in [3.63, 3.8) is 0 Å². The third-order valence-electron chi connectivity index (χ3n) is 12.1. The molecule has 0 spiro atoms. The molecule has 3 N–H and O–H groups in total. The van der Waals surface area contributed by atoms with Crippen molar-refractivity contribution in [1.82, 2.24) is 24.8 Å². The Bertz CT molecular complexity index is 1990. The molecule has 2 amide bonds. The van der Waals surface area contributed by atoms with Crippen LogP contribution in [0.3, 0.4) is 0 Å². The lowest BCUT2D eigenvalue weighted by atomic mass is 9.77. The molecule has 0 bridgehead atoms. The number of imide groups is 1. The van der Waals surface area contributed by atoms with Crippen molar-refractivity contribution in [2.24, 2.45) is 0 Å². The summed E-state index contributed by atoms with van der Waals surface area (Å²) in [6, 6.07) is 3.58. The molecule has 1 aliphatic carbocycles. The first-order valence-electron chi connectivity index (χ1n) is 21.9. The molecule has 0 unspecified atom stereocenters. The summed E-state index contributed by atoms with van der Waals surface area (Å²) in [5.41, 5.74) is 2.13. The molecule has 4 aliphatic rings. The number of anilines is 3. The maximum Gasteiger partial charge on any atom is 0.253 e. The number of aliphatic hydroxyl groups excluding tert-OH is 1. The van der Waals surface area contributed by atoms with Gasteiger partial charge in [-0.05, 0) is 92.4 Å². The number of carbonyl (C=O) groups is 2. The van der Waals surface area contributed by atoms with Crippen molar-refractivity contribution in [2.75, 3.05) is 74.9 Å². The van der Waals surface area contributed by atoms with Gasteiger partial charge in [-0.25, -0.2) is 15.0 Å². The standard InChI is InChI=1S/C45H60N8O7S/c1-58-36-27-32(14-15-39(56)53-22-10-8-13-38(53)55)28-37(59-2)40(36)60-25-11-7-5-3-4-6-9-21-46-34-29-47-42(48-30-34)33-16-23-52(24-17-33)44-49-35-18-26-61(57)41(35)43(50-44)51-45(31-54)19-12-20-45/h8,13-15,27-30,33,46,54H,3-7,9-12,16-26,31H2,1-2H3,(H,49,50,51)/b15-14+/t61-/m1/s1. The Morgan fingerprint density at radius 2 is 1.70 bits per heavy atom. The summed E-state index contributed by atoms with van der Waals surface area (Å²) in [5, 5.41) is 17.0. The van der Waals surface area contributed by atoms with Crippen LogP contribution in [-0.2, 0) is 27.2 Å². The maximum absolute atomic E-state index is 12.8. The zero-order valence-electron chi connectivity index (χ0n) is 35.5. The minimum atomic E-state index is -1.12. The average molecular weight is 857 g/mol. The fourth-order valence-electron chi connectivity index (χ4n) is 8.29. The van der Waals surface area contributed by atoms with Gasteiger partial charge in [0.25, 0.3) is 11.8 Å². The van der Waals surface area contributed by atoms with E-state index >= 15 is 0 Å². The molecule has 61 heavy (non-hydrogen) atoms. The first-order chi connectivity index (χ1) is 29.8. The van der Waals surface area contributed by atoms with Crippen molar-refractivity contribution < 1.29 is 33.5 Å². The van der Waals surface area contributed by atoms with Crippen molar-refractivity contribution >= 4 is 46.5 Å². The van der Waals surface area contributed by atoms with Gasteiger partial charge in [-0.3, -0.25) is 14.5 Å². The van der Waals surface area contributed by atoms with E-state index in [9.17, 15) is 19.2 Å². The Labute approximate surface area is 362 Å². The van der Waals surface area contributed by atoms with Crippen LogP contribution in [-0.4, -0.2) is 111 Å². The molecule has 3 aromatic rings. The summed E-state index contributed by atoms with van der Waals surface area (Å²) >= 11 is -1.12. The Morgan fingerprint density at radius 1 is 1.00 bits per heavy atom. The van der Waals surface area contributed by atoms with E-state index in [2.05, 4.69) is 15.5 Å². The van der Waals surface area contributed by atoms with Crippen LogP contribution in [0.5, 0.6) is 17.2 Å². The van der Waals surface area contributed by atoms with E-state index in [0.717, 1.165) is 101 Å². The molecule has 1 saturated heterocycles. The number of nitrogens with one attached hydrogen (secondary N) is 2. The molecular formula is C45H60N8O7S. The zero-order valence-corrected chi connectivity index (χ0v) is 36.4. The first kappa shape index (κ1) is 44.1. The van der Waals surface area contributed by atoms with Gasteiger partial charge in [-0.2, -0.15) is 4.98 Å². The molecule has 7 rings (SSSR count). The van der Waals surface area contributed by atoms with E-state index in [4.69, 9.17) is 34.1 Å². The largest absolute Gasteiger partial charge is 0.611 e. The lowest BCUT2D eigenvalue weighted by molar-refractivity contribution is -0.139. The Morgan fingerprint density at radius 3 is 2.36 bits per heavy atom. The van der Waals surface area contributed by atoms with E-state index < -0.39 is 11.2 Å². The first-order valence-corrected chi connectivity index (χ1v) is 23.2. The summed E-state index contributed by atoms with van der Waals surface area (Å²) in [6.07, 6.45) is 23.7. The normalized spacial score (nSPS) is 18.6. The molecule has 0 radical (unpaired) electrons. The highest BCUT2D eigenvalue weighted by molar-refractivity contribution is 7.91. The summed E-state index contributed by atoms with van der Waals surface area (Å²) in [4.78, 5) is 47.9. The highest BCUT2D eigenvalue weighted by Crippen LogP contribution is 2.41. The third-order valence-corrected chi connectivity index (χ3v) is 13.6. The van der Waals surface area contributed by atoms with Crippen LogP contribution in [0.4, 0.5) is 17.5 Å². The Kier molecular flexibility index (Phi) is 15.4. The number of amides is 2. The number of fused-ring (bicyclic) bond motifs is 1. The quantitative estimate of drug-likeness (QED) is 0.0624. The summed E-state index contributed by atoms with van der Waals surface area (Å²) in [5.74, 6) is 3.93. The van der Waals surface area contributed by atoms with Crippen LogP contribution in [0.15, 0.2) is 47.6 Å². The molecule has 3 aliphatic heterocycles. The van der Waals surface area contributed by atoms with E-state index in [1.807, 2.05) is 12.4 Å². The van der Waals surface area contributed by atoms with Gasteiger partial charge in [-0.1, -0.05) is 38.2 Å². The topological polar surface area (TPSA) is 187 Å². The number of piperidine rings is 1. The smallest absolute Gasteiger partial charge is 0.253 e. The van der Waals surface area contributed by atoms with Crippen LogP contribution >= 0.6 is 0 Å². The monoisotopic (exact) mass is 856 g/mol. The number of aromatic nitrogens is 4. The molecule has 2 aromatic heterocycles. The zero-order chi connectivity index (χ0) is 42.6. The molecule has 1 aromatic carbocycles. The van der Waals surface area contributed by atoms with Crippen molar-refractivity contribution in [3.05, 3.63) is 59.8 Å². The minimum absolute atomic E-state index is 0.0391. The fraction of sp³-hybridized carbons (Fsp3) is 0.556. The van der Waals surface area contributed by atoms with Gasteiger partial charge in [0.15, 0.2) is 17.3 Å². The van der Waals surface area contributed by atoms with E-state index in [1.165, 1.54) is 29.9 Å². The fourth-order valence-corrected chi connectivity index (χ4v) is 9.59. The van der Waals surface area contributed by atoms with Crippen LogP contribution < -0.4 is 29.7 Å². The van der Waals surface area contributed by atoms with Gasteiger partial charge in [0.05, 0.1) is 51.1 Å². The Hall–Kier alpha value is -4.93. The molecule has 1 saturated carbocycles. The number of hydrogen-bond donors (Lipinski definition) is 3. The number of carbonyl (C=O) groups excluding carboxylic acids is 2. The molecule has 328 valence electrons.